The molecule has 18 heavy (non-hydrogen) atoms. The second kappa shape index (κ2) is 4.28. The summed E-state index contributed by atoms with van der Waals surface area (Å²) in [5.41, 5.74) is 2.51. The highest BCUT2D eigenvalue weighted by Gasteiger charge is 2.05. The highest BCUT2D eigenvalue weighted by Crippen LogP contribution is 2.21. The highest BCUT2D eigenvalue weighted by atomic mass is 79.9. The van der Waals surface area contributed by atoms with Crippen LogP contribution in [0.2, 0.25) is 0 Å². The van der Waals surface area contributed by atoms with Crippen molar-refractivity contribution in [3.63, 3.8) is 0 Å². The van der Waals surface area contributed by atoms with E-state index in [9.17, 15) is 0 Å². The van der Waals surface area contributed by atoms with Gasteiger partial charge in [-0.2, -0.15) is 10.4 Å². The minimum absolute atomic E-state index is 0.621. The van der Waals surface area contributed by atoms with Gasteiger partial charge in [-0.05, 0) is 40.2 Å². The molecule has 3 rings (SSSR count). The molecule has 3 nitrogen and oxygen atoms in total. The first-order valence-corrected chi connectivity index (χ1v) is 6.22. The monoisotopic (exact) mass is 297 g/mol. The van der Waals surface area contributed by atoms with Crippen molar-refractivity contribution < 1.29 is 0 Å². The molecular weight excluding hydrogens is 290 g/mol. The summed E-state index contributed by atoms with van der Waals surface area (Å²) in [6, 6.07) is 15.6. The molecule has 0 spiro atoms. The fourth-order valence-corrected chi connectivity index (χ4v) is 2.29. The summed E-state index contributed by atoms with van der Waals surface area (Å²) >= 11 is 3.38. The van der Waals surface area contributed by atoms with E-state index in [1.165, 1.54) is 0 Å². The first-order valence-electron chi connectivity index (χ1n) is 5.42. The maximum atomic E-state index is 8.89. The van der Waals surface area contributed by atoms with Crippen LogP contribution in [0.1, 0.15) is 5.56 Å². The number of hydrogen-bond acceptors (Lipinski definition) is 2. The molecule has 0 aliphatic carbocycles. The van der Waals surface area contributed by atoms with Crippen LogP contribution < -0.4 is 0 Å². The topological polar surface area (TPSA) is 41.6 Å². The van der Waals surface area contributed by atoms with Crippen LogP contribution in [0.4, 0.5) is 0 Å². The van der Waals surface area contributed by atoms with Crippen LogP contribution in [-0.2, 0) is 0 Å². The Morgan fingerprint density at radius 2 is 2.00 bits per heavy atom. The molecule has 0 amide bonds. The van der Waals surface area contributed by atoms with Crippen molar-refractivity contribution in [1.29, 1.82) is 5.26 Å². The Morgan fingerprint density at radius 1 is 1.17 bits per heavy atom. The molecule has 1 heterocycles. The van der Waals surface area contributed by atoms with Gasteiger partial charge < -0.3 is 0 Å². The predicted molar refractivity (Wildman–Crippen MR) is 73.5 cm³/mol. The van der Waals surface area contributed by atoms with E-state index >= 15 is 0 Å². The zero-order chi connectivity index (χ0) is 12.5. The smallest absolute Gasteiger partial charge is 0.100 e. The highest BCUT2D eigenvalue weighted by molar-refractivity contribution is 9.10. The van der Waals surface area contributed by atoms with Gasteiger partial charge in [0.05, 0.1) is 16.8 Å². The Labute approximate surface area is 112 Å². The summed E-state index contributed by atoms with van der Waals surface area (Å²) in [5.74, 6) is 0. The fourth-order valence-electron chi connectivity index (χ4n) is 1.83. The van der Waals surface area contributed by atoms with Gasteiger partial charge in [0, 0.05) is 16.1 Å². The summed E-state index contributed by atoms with van der Waals surface area (Å²) in [4.78, 5) is 0. The van der Waals surface area contributed by atoms with E-state index in [0.29, 0.717) is 5.56 Å². The molecule has 0 fully saturated rings. The van der Waals surface area contributed by atoms with Crippen LogP contribution in [0.15, 0.2) is 53.1 Å². The lowest BCUT2D eigenvalue weighted by atomic mass is 10.2. The molecule has 3 aromatic rings. The van der Waals surface area contributed by atoms with Crippen molar-refractivity contribution in [3.8, 4) is 11.8 Å². The molecule has 0 saturated carbocycles. The molecule has 0 aliphatic heterocycles. The van der Waals surface area contributed by atoms with Gasteiger partial charge >= 0.3 is 0 Å². The maximum Gasteiger partial charge on any atom is 0.100 e. The number of halogens is 1. The maximum absolute atomic E-state index is 8.89. The van der Waals surface area contributed by atoms with Gasteiger partial charge in [0.2, 0.25) is 0 Å². The minimum Gasteiger partial charge on any atom is -0.240 e. The average Bonchev–Trinajstić information content (AvgIpc) is 2.82. The number of rotatable bonds is 1. The van der Waals surface area contributed by atoms with E-state index < -0.39 is 0 Å². The Balaban J connectivity index is 2.15. The Morgan fingerprint density at radius 3 is 2.72 bits per heavy atom. The lowest BCUT2D eigenvalue weighted by Gasteiger charge is -2.02. The number of benzene rings is 2. The Hall–Kier alpha value is -2.12. The van der Waals surface area contributed by atoms with Gasteiger partial charge in [-0.1, -0.05) is 18.2 Å². The van der Waals surface area contributed by atoms with Crippen LogP contribution in [0, 0.1) is 11.3 Å². The number of hydrogen-bond donors (Lipinski definition) is 0. The molecule has 0 atom stereocenters. The first-order chi connectivity index (χ1) is 8.78. The zero-order valence-electron chi connectivity index (χ0n) is 9.34. The summed E-state index contributed by atoms with van der Waals surface area (Å²) in [7, 11) is 0. The van der Waals surface area contributed by atoms with Gasteiger partial charge in [0.1, 0.15) is 6.07 Å². The van der Waals surface area contributed by atoms with E-state index in [0.717, 1.165) is 21.1 Å². The summed E-state index contributed by atoms with van der Waals surface area (Å²) < 4.78 is 2.60. The normalized spacial score (nSPS) is 10.4. The lowest BCUT2D eigenvalue weighted by Crippen LogP contribution is -1.94. The summed E-state index contributed by atoms with van der Waals surface area (Å²) in [6.45, 7) is 0. The summed E-state index contributed by atoms with van der Waals surface area (Å²) in [6.07, 6.45) is 1.98. The van der Waals surface area contributed by atoms with Gasteiger partial charge in [-0.25, -0.2) is 4.68 Å². The van der Waals surface area contributed by atoms with Crippen LogP contribution in [0.5, 0.6) is 0 Å². The summed E-state index contributed by atoms with van der Waals surface area (Å²) in [5, 5.41) is 14.5. The molecule has 0 radical (unpaired) electrons. The molecule has 86 valence electrons. The van der Waals surface area contributed by atoms with Gasteiger partial charge in [-0.3, -0.25) is 0 Å². The van der Waals surface area contributed by atoms with Crippen molar-refractivity contribution in [2.45, 2.75) is 0 Å². The SMILES string of the molecule is N#Cc1ccc(-n2cc3ccccc3n2)cc1Br. The molecule has 2 aromatic carbocycles. The largest absolute Gasteiger partial charge is 0.240 e. The van der Waals surface area contributed by atoms with E-state index in [4.69, 9.17) is 5.26 Å². The zero-order valence-corrected chi connectivity index (χ0v) is 10.9. The quantitative estimate of drug-likeness (QED) is 0.688. The van der Waals surface area contributed by atoms with Crippen molar-refractivity contribution in [3.05, 3.63) is 58.7 Å². The lowest BCUT2D eigenvalue weighted by molar-refractivity contribution is 0.895. The molecule has 0 aliphatic rings. The number of fused-ring (bicyclic) bond motifs is 1. The van der Waals surface area contributed by atoms with Crippen molar-refractivity contribution in [1.82, 2.24) is 9.78 Å². The van der Waals surface area contributed by atoms with Gasteiger partial charge in [0.15, 0.2) is 0 Å². The van der Waals surface area contributed by atoms with E-state index in [1.807, 2.05) is 47.3 Å². The molecule has 0 bridgehead atoms. The molecule has 0 N–H and O–H groups in total. The third-order valence-corrected chi connectivity index (χ3v) is 3.41. The van der Waals surface area contributed by atoms with E-state index in [-0.39, 0.29) is 0 Å². The van der Waals surface area contributed by atoms with Crippen LogP contribution in [-0.4, -0.2) is 9.78 Å². The standard InChI is InChI=1S/C14H8BrN3/c15-13-7-12(6-5-10(13)8-16)18-9-11-3-1-2-4-14(11)17-18/h1-7,9H. The average molecular weight is 298 g/mol. The second-order valence-electron chi connectivity index (χ2n) is 3.91. The van der Waals surface area contributed by atoms with Crippen molar-refractivity contribution in [2.24, 2.45) is 0 Å². The molecule has 0 unspecified atom stereocenters. The van der Waals surface area contributed by atoms with E-state index in [2.05, 4.69) is 27.1 Å². The van der Waals surface area contributed by atoms with Crippen molar-refractivity contribution >= 4 is 26.8 Å². The van der Waals surface area contributed by atoms with Crippen molar-refractivity contribution in [2.75, 3.05) is 0 Å². The fraction of sp³-hybridized carbons (Fsp3) is 0. The Bertz CT molecular complexity index is 735. The molecular formula is C14H8BrN3. The minimum atomic E-state index is 0.621. The third kappa shape index (κ3) is 1.79. The number of nitriles is 1. The predicted octanol–water partition coefficient (Wildman–Crippen LogP) is 3.66. The van der Waals surface area contributed by atoms with Crippen LogP contribution >= 0.6 is 15.9 Å². The third-order valence-electron chi connectivity index (χ3n) is 2.75. The Kier molecular flexibility index (Phi) is 2.62. The van der Waals surface area contributed by atoms with Gasteiger partial charge in [-0.15, -0.1) is 0 Å². The van der Waals surface area contributed by atoms with Gasteiger partial charge in [0.25, 0.3) is 0 Å². The number of nitrogens with zero attached hydrogens (tertiary/aromatic N) is 3. The number of aromatic nitrogens is 2. The molecule has 1 aromatic heterocycles. The van der Waals surface area contributed by atoms with E-state index in [1.54, 1.807) is 6.07 Å². The molecule has 0 saturated heterocycles. The van der Waals surface area contributed by atoms with Crippen LogP contribution in [0.3, 0.4) is 0 Å². The van der Waals surface area contributed by atoms with Crippen LogP contribution in [0.25, 0.3) is 16.6 Å². The molecule has 4 heteroatoms. The first kappa shape index (κ1) is 11.0. The second-order valence-corrected chi connectivity index (χ2v) is 4.76.